The van der Waals surface area contributed by atoms with Crippen LogP contribution in [0, 0.1) is 0 Å². The van der Waals surface area contributed by atoms with Crippen molar-refractivity contribution in [3.63, 3.8) is 0 Å². The minimum absolute atomic E-state index is 0.0395. The van der Waals surface area contributed by atoms with Crippen molar-refractivity contribution in [3.05, 3.63) is 24.0 Å². The van der Waals surface area contributed by atoms with E-state index in [2.05, 4.69) is 41.1 Å². The third kappa shape index (κ3) is 5.48. The molecule has 128 valence electrons. The predicted molar refractivity (Wildman–Crippen MR) is 93.9 cm³/mol. The number of likely N-dealkylation sites (N-methyl/N-ethyl adjacent to an activating group) is 1. The summed E-state index contributed by atoms with van der Waals surface area (Å²) in [5.74, 6) is 0.0395. The molecule has 0 radical (unpaired) electrons. The summed E-state index contributed by atoms with van der Waals surface area (Å²) in [6, 6.07) is 3.78. The largest absolute Gasteiger partial charge is 0.385 e. The van der Waals surface area contributed by atoms with E-state index in [0.717, 1.165) is 57.9 Å². The van der Waals surface area contributed by atoms with E-state index in [1.54, 1.807) is 6.20 Å². The normalized spacial score (nSPS) is 15.9. The maximum absolute atomic E-state index is 12.6. The van der Waals surface area contributed by atoms with Gasteiger partial charge in [0.1, 0.15) is 5.69 Å². The third-order valence-electron chi connectivity index (χ3n) is 4.20. The Balaban J connectivity index is 1.87. The lowest BCUT2D eigenvalue weighted by Crippen LogP contribution is -2.48. The summed E-state index contributed by atoms with van der Waals surface area (Å²) in [6.07, 6.45) is 2.78. The van der Waals surface area contributed by atoms with Crippen molar-refractivity contribution in [1.29, 1.82) is 0 Å². The van der Waals surface area contributed by atoms with Gasteiger partial charge in [-0.1, -0.05) is 6.92 Å². The zero-order valence-electron chi connectivity index (χ0n) is 14.6. The van der Waals surface area contributed by atoms with Gasteiger partial charge in [0, 0.05) is 44.6 Å². The molecule has 0 unspecified atom stereocenters. The van der Waals surface area contributed by atoms with E-state index < -0.39 is 0 Å². The zero-order valence-corrected chi connectivity index (χ0v) is 14.6. The van der Waals surface area contributed by atoms with Crippen LogP contribution in [-0.4, -0.2) is 85.5 Å². The van der Waals surface area contributed by atoms with Crippen LogP contribution < -0.4 is 5.32 Å². The first-order valence-electron chi connectivity index (χ1n) is 8.46. The molecule has 6 nitrogen and oxygen atoms in total. The summed E-state index contributed by atoms with van der Waals surface area (Å²) in [7, 11) is 4.14. The molecule has 1 N–H and O–H groups in total. The fourth-order valence-electron chi connectivity index (χ4n) is 2.71. The Kier molecular flexibility index (Phi) is 6.80. The Bertz CT molecular complexity index is 498. The van der Waals surface area contributed by atoms with Gasteiger partial charge in [-0.3, -0.25) is 9.78 Å². The predicted octanol–water partition coefficient (Wildman–Crippen LogP) is 1.22. The van der Waals surface area contributed by atoms with Gasteiger partial charge in [0.25, 0.3) is 5.91 Å². The molecule has 1 amide bonds. The van der Waals surface area contributed by atoms with Crippen LogP contribution in [0.1, 0.15) is 23.8 Å². The first kappa shape index (κ1) is 17.7. The number of nitrogens with one attached hydrogen (secondary N) is 1. The van der Waals surface area contributed by atoms with Crippen LogP contribution in [0.25, 0.3) is 0 Å². The molecule has 1 aliphatic heterocycles. The van der Waals surface area contributed by atoms with Crippen LogP contribution in [0.3, 0.4) is 0 Å². The number of anilines is 1. The van der Waals surface area contributed by atoms with Crippen LogP contribution in [-0.2, 0) is 0 Å². The molecule has 2 rings (SSSR count). The fraction of sp³-hybridized carbons (Fsp3) is 0.647. The molecule has 2 heterocycles. The number of piperazine rings is 1. The van der Waals surface area contributed by atoms with E-state index in [0.29, 0.717) is 5.69 Å². The highest BCUT2D eigenvalue weighted by atomic mass is 16.2. The molecule has 0 bridgehead atoms. The van der Waals surface area contributed by atoms with Crippen LogP contribution in [0.15, 0.2) is 18.3 Å². The van der Waals surface area contributed by atoms with E-state index in [-0.39, 0.29) is 5.91 Å². The van der Waals surface area contributed by atoms with Gasteiger partial charge in [-0.2, -0.15) is 0 Å². The molecule has 1 saturated heterocycles. The Hall–Kier alpha value is -1.66. The van der Waals surface area contributed by atoms with Gasteiger partial charge in [-0.25, -0.2) is 0 Å². The molecule has 1 aromatic heterocycles. The number of amides is 1. The fourth-order valence-corrected chi connectivity index (χ4v) is 2.71. The van der Waals surface area contributed by atoms with Gasteiger partial charge in [0.2, 0.25) is 0 Å². The lowest BCUT2D eigenvalue weighted by atomic mass is 10.2. The van der Waals surface area contributed by atoms with Crippen LogP contribution >= 0.6 is 0 Å². The molecule has 0 aromatic carbocycles. The maximum atomic E-state index is 12.6. The first-order valence-corrected chi connectivity index (χ1v) is 8.46. The minimum atomic E-state index is 0.0395. The van der Waals surface area contributed by atoms with Crippen LogP contribution in [0.4, 0.5) is 5.69 Å². The number of hydrogen-bond acceptors (Lipinski definition) is 5. The molecule has 1 aliphatic rings. The summed E-state index contributed by atoms with van der Waals surface area (Å²) in [6.45, 7) is 8.62. The second-order valence-corrected chi connectivity index (χ2v) is 6.24. The minimum Gasteiger partial charge on any atom is -0.385 e. The van der Waals surface area contributed by atoms with Gasteiger partial charge in [-0.15, -0.1) is 0 Å². The Morgan fingerprint density at radius 3 is 2.70 bits per heavy atom. The van der Waals surface area contributed by atoms with Crippen molar-refractivity contribution in [3.8, 4) is 0 Å². The number of carbonyl (C=O) groups excluding carboxylic acids is 1. The van der Waals surface area contributed by atoms with Crippen molar-refractivity contribution in [2.45, 2.75) is 13.3 Å². The summed E-state index contributed by atoms with van der Waals surface area (Å²) < 4.78 is 0. The smallest absolute Gasteiger partial charge is 0.272 e. The monoisotopic (exact) mass is 319 g/mol. The van der Waals surface area contributed by atoms with Crippen LogP contribution in [0.2, 0.25) is 0 Å². The van der Waals surface area contributed by atoms with Gasteiger partial charge >= 0.3 is 0 Å². The summed E-state index contributed by atoms with van der Waals surface area (Å²) >= 11 is 0. The molecule has 1 aromatic rings. The number of aromatic nitrogens is 1. The molecule has 0 aliphatic carbocycles. The third-order valence-corrected chi connectivity index (χ3v) is 4.20. The highest BCUT2D eigenvalue weighted by Crippen LogP contribution is 2.12. The average Bonchev–Trinajstić information content (AvgIpc) is 2.58. The standard InChI is InChI=1S/C17H29N5O/c1-4-21-10-12-22(13-11-21)17(23)16-14-15(6-8-19-16)18-7-5-9-20(2)3/h6,8,14H,4-5,7,9-13H2,1-3H3,(H,18,19). The van der Waals surface area contributed by atoms with Crippen molar-refractivity contribution >= 4 is 11.6 Å². The number of nitrogens with zero attached hydrogens (tertiary/aromatic N) is 4. The molecule has 6 heteroatoms. The van der Waals surface area contributed by atoms with E-state index in [1.807, 2.05) is 17.0 Å². The number of rotatable bonds is 7. The van der Waals surface area contributed by atoms with Gasteiger partial charge in [-0.05, 0) is 45.7 Å². The van der Waals surface area contributed by atoms with Gasteiger partial charge in [0.05, 0.1) is 0 Å². The Morgan fingerprint density at radius 1 is 1.30 bits per heavy atom. The highest BCUT2D eigenvalue weighted by Gasteiger charge is 2.22. The van der Waals surface area contributed by atoms with Crippen molar-refractivity contribution in [2.24, 2.45) is 0 Å². The second kappa shape index (κ2) is 8.84. The van der Waals surface area contributed by atoms with E-state index in [1.165, 1.54) is 0 Å². The first-order chi connectivity index (χ1) is 11.1. The Morgan fingerprint density at radius 2 is 2.04 bits per heavy atom. The number of hydrogen-bond donors (Lipinski definition) is 1. The van der Waals surface area contributed by atoms with Crippen molar-refractivity contribution < 1.29 is 4.79 Å². The summed E-state index contributed by atoms with van der Waals surface area (Å²) in [5.41, 5.74) is 1.50. The topological polar surface area (TPSA) is 51.7 Å². The van der Waals surface area contributed by atoms with Crippen LogP contribution in [0.5, 0.6) is 0 Å². The van der Waals surface area contributed by atoms with Crippen molar-refractivity contribution in [2.75, 3.05) is 65.2 Å². The number of carbonyl (C=O) groups is 1. The molecule has 1 fully saturated rings. The molecular weight excluding hydrogens is 290 g/mol. The SMILES string of the molecule is CCN1CCN(C(=O)c2cc(NCCCN(C)C)ccn2)CC1. The zero-order chi connectivity index (χ0) is 16.7. The Labute approximate surface area is 139 Å². The van der Waals surface area contributed by atoms with E-state index in [4.69, 9.17) is 0 Å². The molecular formula is C17H29N5O. The average molecular weight is 319 g/mol. The van der Waals surface area contributed by atoms with Gasteiger partial charge < -0.3 is 20.0 Å². The lowest BCUT2D eigenvalue weighted by Gasteiger charge is -2.33. The van der Waals surface area contributed by atoms with Crippen molar-refractivity contribution in [1.82, 2.24) is 19.7 Å². The molecule has 23 heavy (non-hydrogen) atoms. The molecule has 0 atom stereocenters. The van der Waals surface area contributed by atoms with E-state index in [9.17, 15) is 4.79 Å². The van der Waals surface area contributed by atoms with E-state index >= 15 is 0 Å². The maximum Gasteiger partial charge on any atom is 0.272 e. The summed E-state index contributed by atoms with van der Waals surface area (Å²) in [4.78, 5) is 23.3. The summed E-state index contributed by atoms with van der Waals surface area (Å²) in [5, 5.41) is 3.37. The molecule has 0 saturated carbocycles. The molecule has 0 spiro atoms. The van der Waals surface area contributed by atoms with Gasteiger partial charge in [0.15, 0.2) is 0 Å². The highest BCUT2D eigenvalue weighted by molar-refractivity contribution is 5.93. The lowest BCUT2D eigenvalue weighted by molar-refractivity contribution is 0.0637. The second-order valence-electron chi connectivity index (χ2n) is 6.24. The quantitative estimate of drug-likeness (QED) is 0.766. The number of pyridine rings is 1.